The van der Waals surface area contributed by atoms with Gasteiger partial charge in [-0.3, -0.25) is 19.7 Å². The van der Waals surface area contributed by atoms with Gasteiger partial charge in [-0.1, -0.05) is 18.2 Å². The molecule has 0 spiro atoms. The van der Waals surface area contributed by atoms with Gasteiger partial charge in [0, 0.05) is 18.8 Å². The molecule has 2 rings (SSSR count). The second-order valence-electron chi connectivity index (χ2n) is 6.16. The molecule has 29 heavy (non-hydrogen) atoms. The number of amides is 3. The van der Waals surface area contributed by atoms with Gasteiger partial charge in [-0.2, -0.15) is 11.8 Å². The SMILES string of the molecule is CSCC[C@H](NC(=O)c1ccccc1)C(=O)OCC(=O)NC(=O)c1cccn1C. The predicted octanol–water partition coefficient (Wildman–Crippen LogP) is 1.38. The van der Waals surface area contributed by atoms with Crippen LogP contribution in [0.3, 0.4) is 0 Å². The molecule has 154 valence electrons. The van der Waals surface area contributed by atoms with Gasteiger partial charge in [0.05, 0.1) is 0 Å². The second-order valence-corrected chi connectivity index (χ2v) is 7.15. The normalized spacial score (nSPS) is 11.4. The summed E-state index contributed by atoms with van der Waals surface area (Å²) >= 11 is 1.52. The summed E-state index contributed by atoms with van der Waals surface area (Å²) in [6.07, 6.45) is 3.90. The largest absolute Gasteiger partial charge is 0.454 e. The fraction of sp³-hybridized carbons (Fsp3) is 0.300. The Kier molecular flexibility index (Phi) is 8.47. The van der Waals surface area contributed by atoms with Gasteiger partial charge in [0.2, 0.25) is 0 Å². The van der Waals surface area contributed by atoms with Crippen LogP contribution in [0.1, 0.15) is 27.3 Å². The molecule has 1 aromatic carbocycles. The summed E-state index contributed by atoms with van der Waals surface area (Å²) in [5.74, 6) is -1.85. The molecule has 9 heteroatoms. The minimum Gasteiger partial charge on any atom is -0.454 e. The van der Waals surface area contributed by atoms with Gasteiger partial charge in [-0.05, 0) is 42.7 Å². The highest BCUT2D eigenvalue weighted by molar-refractivity contribution is 7.98. The number of nitrogens with one attached hydrogen (secondary N) is 2. The number of thioether (sulfide) groups is 1. The third-order valence-corrected chi connectivity index (χ3v) is 4.66. The van der Waals surface area contributed by atoms with Gasteiger partial charge in [-0.15, -0.1) is 0 Å². The van der Waals surface area contributed by atoms with Crippen molar-refractivity contribution in [1.29, 1.82) is 0 Å². The summed E-state index contributed by atoms with van der Waals surface area (Å²) < 4.78 is 6.58. The molecule has 1 aromatic heterocycles. The lowest BCUT2D eigenvalue weighted by Gasteiger charge is -2.17. The third kappa shape index (κ3) is 6.79. The van der Waals surface area contributed by atoms with Crippen molar-refractivity contribution in [3.63, 3.8) is 0 Å². The smallest absolute Gasteiger partial charge is 0.329 e. The zero-order chi connectivity index (χ0) is 21.2. The summed E-state index contributed by atoms with van der Waals surface area (Å²) in [7, 11) is 1.67. The van der Waals surface area contributed by atoms with E-state index in [0.29, 0.717) is 23.4 Å². The van der Waals surface area contributed by atoms with E-state index in [1.807, 2.05) is 6.26 Å². The lowest BCUT2D eigenvalue weighted by atomic mass is 10.1. The number of esters is 1. The van der Waals surface area contributed by atoms with Gasteiger partial charge in [-0.25, -0.2) is 4.79 Å². The average molecular weight is 417 g/mol. The first-order valence-corrected chi connectivity index (χ1v) is 10.3. The Bertz CT molecular complexity index is 866. The van der Waals surface area contributed by atoms with Gasteiger partial charge >= 0.3 is 5.97 Å². The Hall–Kier alpha value is -3.07. The van der Waals surface area contributed by atoms with E-state index in [1.165, 1.54) is 11.8 Å². The van der Waals surface area contributed by atoms with Crippen LogP contribution < -0.4 is 10.6 Å². The summed E-state index contributed by atoms with van der Waals surface area (Å²) in [5.41, 5.74) is 0.720. The molecule has 0 radical (unpaired) electrons. The number of benzene rings is 1. The van der Waals surface area contributed by atoms with Gasteiger partial charge in [0.25, 0.3) is 17.7 Å². The molecule has 0 aliphatic carbocycles. The minimum atomic E-state index is -0.897. The number of carbonyl (C=O) groups is 4. The van der Waals surface area contributed by atoms with Crippen molar-refractivity contribution in [1.82, 2.24) is 15.2 Å². The van der Waals surface area contributed by atoms with Crippen LogP contribution in [0.25, 0.3) is 0 Å². The Morgan fingerprint density at radius 2 is 1.79 bits per heavy atom. The summed E-state index contributed by atoms with van der Waals surface area (Å²) in [6.45, 7) is -0.619. The molecule has 0 fully saturated rings. The lowest BCUT2D eigenvalue weighted by molar-refractivity contribution is -0.150. The maximum atomic E-state index is 12.4. The Morgan fingerprint density at radius 1 is 1.07 bits per heavy atom. The van der Waals surface area contributed by atoms with Gasteiger partial charge in [0.15, 0.2) is 6.61 Å². The zero-order valence-corrected chi connectivity index (χ0v) is 17.0. The Balaban J connectivity index is 1.89. The zero-order valence-electron chi connectivity index (χ0n) is 16.2. The third-order valence-electron chi connectivity index (χ3n) is 4.01. The van der Waals surface area contributed by atoms with Crippen molar-refractivity contribution in [3.8, 4) is 0 Å². The number of rotatable bonds is 9. The maximum Gasteiger partial charge on any atom is 0.329 e. The van der Waals surface area contributed by atoms with Crippen LogP contribution in [0.4, 0.5) is 0 Å². The predicted molar refractivity (Wildman–Crippen MR) is 110 cm³/mol. The van der Waals surface area contributed by atoms with E-state index in [4.69, 9.17) is 4.74 Å². The molecule has 1 heterocycles. The molecule has 0 aliphatic heterocycles. The molecule has 2 aromatic rings. The highest BCUT2D eigenvalue weighted by Gasteiger charge is 2.24. The molecule has 0 unspecified atom stereocenters. The van der Waals surface area contributed by atoms with Crippen molar-refractivity contribution in [3.05, 3.63) is 59.9 Å². The first kappa shape index (κ1) is 22.2. The van der Waals surface area contributed by atoms with E-state index in [0.717, 1.165) is 0 Å². The fourth-order valence-corrected chi connectivity index (χ4v) is 2.95. The molecular formula is C20H23N3O5S. The maximum absolute atomic E-state index is 12.4. The van der Waals surface area contributed by atoms with Crippen molar-refractivity contribution < 1.29 is 23.9 Å². The fourth-order valence-electron chi connectivity index (χ4n) is 2.48. The molecule has 3 amide bonds. The number of aromatic nitrogens is 1. The van der Waals surface area contributed by atoms with Crippen LogP contribution in [0.15, 0.2) is 48.7 Å². The summed E-state index contributed by atoms with van der Waals surface area (Å²) in [6, 6.07) is 10.8. The van der Waals surface area contributed by atoms with Crippen LogP contribution in [0, 0.1) is 0 Å². The first-order chi connectivity index (χ1) is 13.9. The minimum absolute atomic E-state index is 0.303. The van der Waals surface area contributed by atoms with Gasteiger partial charge in [0.1, 0.15) is 11.7 Å². The van der Waals surface area contributed by atoms with Gasteiger partial charge < -0.3 is 14.6 Å². The van der Waals surface area contributed by atoms with Crippen LogP contribution in [0.5, 0.6) is 0 Å². The monoisotopic (exact) mass is 417 g/mol. The number of ether oxygens (including phenoxy) is 1. The highest BCUT2D eigenvalue weighted by atomic mass is 32.2. The first-order valence-electron chi connectivity index (χ1n) is 8.89. The quantitative estimate of drug-likeness (QED) is 0.597. The van der Waals surface area contributed by atoms with Crippen LogP contribution in [-0.2, 0) is 21.4 Å². The van der Waals surface area contributed by atoms with Crippen LogP contribution >= 0.6 is 11.8 Å². The molecule has 2 N–H and O–H groups in total. The number of imide groups is 1. The summed E-state index contributed by atoms with van der Waals surface area (Å²) in [4.78, 5) is 48.6. The van der Waals surface area contributed by atoms with E-state index in [-0.39, 0.29) is 0 Å². The average Bonchev–Trinajstić information content (AvgIpc) is 3.15. The van der Waals surface area contributed by atoms with Crippen LogP contribution in [-0.4, -0.2) is 52.9 Å². The molecule has 8 nitrogen and oxygen atoms in total. The second kappa shape index (κ2) is 11.1. The molecule has 0 aliphatic rings. The standard InChI is InChI=1S/C20H23N3O5S/c1-23-11-6-9-16(23)19(26)22-17(24)13-28-20(27)15(10-12-29-2)21-18(25)14-7-4-3-5-8-14/h3-9,11,15H,10,12-13H2,1-2H3,(H,21,25)(H,22,24,26)/t15-/m0/s1. The topological polar surface area (TPSA) is 106 Å². The number of aryl methyl sites for hydroxylation is 1. The Morgan fingerprint density at radius 3 is 2.41 bits per heavy atom. The van der Waals surface area contributed by atoms with Crippen molar-refractivity contribution in [2.45, 2.75) is 12.5 Å². The van der Waals surface area contributed by atoms with E-state index in [9.17, 15) is 19.2 Å². The van der Waals surface area contributed by atoms with Crippen molar-refractivity contribution in [2.24, 2.45) is 7.05 Å². The van der Waals surface area contributed by atoms with E-state index >= 15 is 0 Å². The van der Waals surface area contributed by atoms with E-state index in [2.05, 4.69) is 10.6 Å². The molecule has 0 saturated heterocycles. The molecular weight excluding hydrogens is 394 g/mol. The van der Waals surface area contributed by atoms with E-state index in [1.54, 1.807) is 60.3 Å². The molecule has 1 atom stereocenters. The number of hydrogen-bond donors (Lipinski definition) is 2. The number of hydrogen-bond acceptors (Lipinski definition) is 6. The summed E-state index contributed by atoms with van der Waals surface area (Å²) in [5, 5.41) is 4.79. The van der Waals surface area contributed by atoms with Crippen LogP contribution in [0.2, 0.25) is 0 Å². The van der Waals surface area contributed by atoms with Crippen molar-refractivity contribution in [2.75, 3.05) is 18.6 Å². The van der Waals surface area contributed by atoms with E-state index < -0.39 is 36.3 Å². The molecule has 0 bridgehead atoms. The van der Waals surface area contributed by atoms with Crippen molar-refractivity contribution >= 4 is 35.5 Å². The number of nitrogens with zero attached hydrogens (tertiary/aromatic N) is 1. The molecule has 0 saturated carbocycles. The highest BCUT2D eigenvalue weighted by Crippen LogP contribution is 2.06. The lowest BCUT2D eigenvalue weighted by Crippen LogP contribution is -2.43. The number of carbonyl (C=O) groups excluding carboxylic acids is 4. The Labute approximate surface area is 173 Å².